The first-order valence-corrected chi connectivity index (χ1v) is 8.68. The molecule has 110 valence electrons. The van der Waals surface area contributed by atoms with Crippen LogP contribution in [0.25, 0.3) is 11.6 Å². The third-order valence-corrected chi connectivity index (χ3v) is 3.88. The number of nitrogens with one attached hydrogen (secondary N) is 1. The second-order valence-electron chi connectivity index (χ2n) is 4.65. The Hall–Kier alpha value is -1.62. The molecule has 0 saturated carbocycles. The fourth-order valence-corrected chi connectivity index (χ4v) is 2.58. The van der Waals surface area contributed by atoms with E-state index in [-0.39, 0.29) is 6.54 Å². The average Bonchev–Trinajstić information content (AvgIpc) is 2.44. The number of benzene rings is 2. The van der Waals surface area contributed by atoms with Gasteiger partial charge in [0.2, 0.25) is 10.0 Å². The average molecular weight is 322 g/mol. The van der Waals surface area contributed by atoms with Crippen molar-refractivity contribution in [3.8, 4) is 0 Å². The number of hydrogen-bond acceptors (Lipinski definition) is 2. The van der Waals surface area contributed by atoms with Crippen LogP contribution < -0.4 is 4.72 Å². The molecule has 1 N–H and O–H groups in total. The monoisotopic (exact) mass is 321 g/mol. The largest absolute Gasteiger partial charge is 0.213 e. The van der Waals surface area contributed by atoms with Gasteiger partial charge >= 0.3 is 0 Å². The van der Waals surface area contributed by atoms with E-state index >= 15 is 0 Å². The maximum Gasteiger partial charge on any atom is 0.209 e. The first kappa shape index (κ1) is 15.8. The van der Waals surface area contributed by atoms with Crippen molar-refractivity contribution < 1.29 is 8.42 Å². The number of sulfonamides is 1. The third-order valence-electron chi connectivity index (χ3n) is 2.89. The lowest BCUT2D eigenvalue weighted by Crippen LogP contribution is -2.23. The molecular weight excluding hydrogens is 306 g/mol. The van der Waals surface area contributed by atoms with Gasteiger partial charge in [0.1, 0.15) is 0 Å². The molecule has 3 nitrogen and oxygen atoms in total. The van der Waals surface area contributed by atoms with Gasteiger partial charge in [-0.05, 0) is 28.8 Å². The van der Waals surface area contributed by atoms with E-state index in [0.717, 1.165) is 23.0 Å². The molecule has 0 aromatic heterocycles. The van der Waals surface area contributed by atoms with Gasteiger partial charge in [-0.3, -0.25) is 0 Å². The highest BCUT2D eigenvalue weighted by Gasteiger charge is 2.09. The van der Waals surface area contributed by atoms with E-state index in [2.05, 4.69) is 4.72 Å². The van der Waals surface area contributed by atoms with Gasteiger partial charge in [0.25, 0.3) is 0 Å². The van der Waals surface area contributed by atoms with E-state index in [1.165, 1.54) is 0 Å². The molecule has 0 spiro atoms. The fourth-order valence-electron chi connectivity index (χ4n) is 1.90. The molecule has 0 bridgehead atoms. The third kappa shape index (κ3) is 5.01. The van der Waals surface area contributed by atoms with Crippen LogP contribution in [0.2, 0.25) is 5.02 Å². The summed E-state index contributed by atoms with van der Waals surface area (Å²) in [5.74, 6) is 0. The molecule has 0 aliphatic rings. The Morgan fingerprint density at radius 2 is 1.71 bits per heavy atom. The number of halogens is 1. The van der Waals surface area contributed by atoms with Crippen LogP contribution in [0.15, 0.2) is 54.6 Å². The van der Waals surface area contributed by atoms with Crippen molar-refractivity contribution in [3.05, 3.63) is 70.7 Å². The minimum Gasteiger partial charge on any atom is -0.213 e. The van der Waals surface area contributed by atoms with E-state index in [1.54, 1.807) is 6.07 Å². The lowest BCUT2D eigenvalue weighted by molar-refractivity contribution is 0.592. The summed E-state index contributed by atoms with van der Waals surface area (Å²) in [5.41, 5.74) is 2.62. The molecule has 0 atom stereocenters. The lowest BCUT2D eigenvalue weighted by atomic mass is 10.0. The Morgan fingerprint density at radius 3 is 2.33 bits per heavy atom. The molecule has 0 amide bonds. The van der Waals surface area contributed by atoms with Gasteiger partial charge in [0.15, 0.2) is 0 Å². The molecule has 21 heavy (non-hydrogen) atoms. The Balaban J connectivity index is 2.40. The topological polar surface area (TPSA) is 46.2 Å². The quantitative estimate of drug-likeness (QED) is 0.858. The summed E-state index contributed by atoms with van der Waals surface area (Å²) in [5, 5.41) is 0.593. The van der Waals surface area contributed by atoms with E-state index in [1.807, 2.05) is 54.6 Å². The summed E-state index contributed by atoms with van der Waals surface area (Å²) in [6.07, 6.45) is 3.07. The SMILES string of the molecule is CS(=O)(=O)NC/C(=C/c1ccccc1)c1ccccc1Cl. The van der Waals surface area contributed by atoms with Crippen LogP contribution in [-0.4, -0.2) is 21.2 Å². The lowest BCUT2D eigenvalue weighted by Gasteiger charge is -2.11. The highest BCUT2D eigenvalue weighted by atomic mass is 35.5. The van der Waals surface area contributed by atoms with Crippen LogP contribution in [0.4, 0.5) is 0 Å². The van der Waals surface area contributed by atoms with Crippen LogP contribution in [0.3, 0.4) is 0 Å². The van der Waals surface area contributed by atoms with Crippen molar-refractivity contribution in [1.82, 2.24) is 4.72 Å². The predicted molar refractivity (Wildman–Crippen MR) is 88.6 cm³/mol. The van der Waals surface area contributed by atoms with E-state index in [9.17, 15) is 8.42 Å². The zero-order valence-corrected chi connectivity index (χ0v) is 13.2. The zero-order chi connectivity index (χ0) is 15.3. The molecule has 0 heterocycles. The van der Waals surface area contributed by atoms with Crippen LogP contribution in [0, 0.1) is 0 Å². The zero-order valence-electron chi connectivity index (χ0n) is 11.6. The van der Waals surface area contributed by atoms with Crippen LogP contribution in [0.1, 0.15) is 11.1 Å². The van der Waals surface area contributed by atoms with Crippen molar-refractivity contribution in [3.63, 3.8) is 0 Å². The van der Waals surface area contributed by atoms with E-state index in [0.29, 0.717) is 5.02 Å². The highest BCUT2D eigenvalue weighted by molar-refractivity contribution is 7.88. The predicted octanol–water partition coefficient (Wildman–Crippen LogP) is 3.43. The summed E-state index contributed by atoms with van der Waals surface area (Å²) in [6, 6.07) is 17.1. The molecule has 0 saturated heterocycles. The Labute approximate surface area is 130 Å². The second-order valence-corrected chi connectivity index (χ2v) is 6.89. The summed E-state index contributed by atoms with van der Waals surface area (Å²) < 4.78 is 25.2. The molecular formula is C16H16ClNO2S. The first-order valence-electron chi connectivity index (χ1n) is 6.41. The highest BCUT2D eigenvalue weighted by Crippen LogP contribution is 2.25. The maximum absolute atomic E-state index is 11.3. The molecule has 2 aromatic carbocycles. The van der Waals surface area contributed by atoms with Gasteiger partial charge in [-0.1, -0.05) is 60.1 Å². The van der Waals surface area contributed by atoms with Gasteiger partial charge in [-0.25, -0.2) is 13.1 Å². The fraction of sp³-hybridized carbons (Fsp3) is 0.125. The summed E-state index contributed by atoms with van der Waals surface area (Å²) in [7, 11) is -3.27. The van der Waals surface area contributed by atoms with Gasteiger partial charge in [-0.2, -0.15) is 0 Å². The molecule has 5 heteroatoms. The normalized spacial score (nSPS) is 12.4. The van der Waals surface area contributed by atoms with Gasteiger partial charge < -0.3 is 0 Å². The molecule has 0 fully saturated rings. The Morgan fingerprint density at radius 1 is 1.10 bits per heavy atom. The van der Waals surface area contributed by atoms with E-state index < -0.39 is 10.0 Å². The molecule has 0 aliphatic heterocycles. The standard InChI is InChI=1S/C16H16ClNO2S/c1-21(19,20)18-12-14(11-13-7-3-2-4-8-13)15-9-5-6-10-16(15)17/h2-11,18H,12H2,1H3/b14-11-. The van der Waals surface area contributed by atoms with Gasteiger partial charge in [-0.15, -0.1) is 0 Å². The van der Waals surface area contributed by atoms with Gasteiger partial charge in [0, 0.05) is 11.6 Å². The minimum atomic E-state index is -3.27. The Bertz CT molecular complexity index is 740. The Kier molecular flexibility index (Phi) is 5.17. The van der Waals surface area contributed by atoms with Crippen molar-refractivity contribution in [2.24, 2.45) is 0 Å². The summed E-state index contributed by atoms with van der Waals surface area (Å²) >= 11 is 6.22. The molecule has 0 unspecified atom stereocenters. The molecule has 0 aliphatic carbocycles. The molecule has 2 aromatic rings. The smallest absolute Gasteiger partial charge is 0.209 e. The van der Waals surface area contributed by atoms with Crippen molar-refractivity contribution in [2.45, 2.75) is 0 Å². The van der Waals surface area contributed by atoms with Crippen molar-refractivity contribution >= 4 is 33.3 Å². The molecule has 0 radical (unpaired) electrons. The summed E-state index contributed by atoms with van der Waals surface area (Å²) in [6.45, 7) is 0.192. The minimum absolute atomic E-state index is 0.192. The number of hydrogen-bond donors (Lipinski definition) is 1. The maximum atomic E-state index is 11.3. The van der Waals surface area contributed by atoms with Crippen LogP contribution in [-0.2, 0) is 10.0 Å². The first-order chi connectivity index (χ1) is 9.96. The second kappa shape index (κ2) is 6.89. The van der Waals surface area contributed by atoms with Gasteiger partial charge in [0.05, 0.1) is 6.26 Å². The van der Waals surface area contributed by atoms with Crippen LogP contribution in [0.5, 0.6) is 0 Å². The van der Waals surface area contributed by atoms with Crippen molar-refractivity contribution in [2.75, 3.05) is 12.8 Å². The summed E-state index contributed by atoms with van der Waals surface area (Å²) in [4.78, 5) is 0. The molecule has 2 rings (SSSR count). The van der Waals surface area contributed by atoms with Crippen molar-refractivity contribution in [1.29, 1.82) is 0 Å². The van der Waals surface area contributed by atoms with E-state index in [4.69, 9.17) is 11.6 Å². The number of rotatable bonds is 5. The van der Waals surface area contributed by atoms with Crippen LogP contribution >= 0.6 is 11.6 Å².